The number of benzene rings is 1. The normalized spacial score (nSPS) is 10.4. The SMILES string of the molecule is COn1c(=O)sc2ccccc21. The van der Waals surface area contributed by atoms with Crippen LogP contribution in [0.25, 0.3) is 10.2 Å². The molecule has 0 bridgehead atoms. The maximum Gasteiger partial charge on any atom is 0.340 e. The summed E-state index contributed by atoms with van der Waals surface area (Å²) in [6, 6.07) is 7.54. The summed E-state index contributed by atoms with van der Waals surface area (Å²) in [4.78, 5) is 16.1. The van der Waals surface area contributed by atoms with Gasteiger partial charge in [0.25, 0.3) is 0 Å². The Hall–Kier alpha value is -1.29. The monoisotopic (exact) mass is 181 g/mol. The number of fused-ring (bicyclic) bond motifs is 1. The molecule has 3 nitrogen and oxygen atoms in total. The summed E-state index contributed by atoms with van der Waals surface area (Å²) in [6.45, 7) is 0. The fourth-order valence-corrected chi connectivity index (χ4v) is 1.96. The van der Waals surface area contributed by atoms with Crippen molar-refractivity contribution in [3.8, 4) is 0 Å². The Labute approximate surface area is 72.8 Å². The van der Waals surface area contributed by atoms with Crippen molar-refractivity contribution in [3.05, 3.63) is 33.9 Å². The predicted molar refractivity (Wildman–Crippen MR) is 48.6 cm³/mol. The third kappa shape index (κ3) is 0.921. The van der Waals surface area contributed by atoms with Gasteiger partial charge in [-0.1, -0.05) is 23.5 Å². The lowest BCUT2D eigenvalue weighted by Crippen LogP contribution is -2.18. The van der Waals surface area contributed by atoms with E-state index in [4.69, 9.17) is 4.84 Å². The highest BCUT2D eigenvalue weighted by Gasteiger charge is 2.04. The molecular weight excluding hydrogens is 174 g/mol. The van der Waals surface area contributed by atoms with E-state index in [0.717, 1.165) is 10.2 Å². The molecule has 0 saturated carbocycles. The number of hydrogen-bond donors (Lipinski definition) is 0. The molecule has 0 amide bonds. The van der Waals surface area contributed by atoms with Crippen LogP contribution in [0.3, 0.4) is 0 Å². The smallest absolute Gasteiger partial charge is 0.340 e. The van der Waals surface area contributed by atoms with Crippen LogP contribution >= 0.6 is 11.3 Å². The summed E-state index contributed by atoms with van der Waals surface area (Å²) in [5.41, 5.74) is 0.829. The van der Waals surface area contributed by atoms with Crippen LogP contribution in [0, 0.1) is 0 Å². The van der Waals surface area contributed by atoms with Crippen molar-refractivity contribution >= 4 is 21.6 Å². The van der Waals surface area contributed by atoms with Gasteiger partial charge in [-0.25, -0.2) is 0 Å². The quantitative estimate of drug-likeness (QED) is 0.660. The number of thiazole rings is 1. The Morgan fingerprint density at radius 2 is 2.17 bits per heavy atom. The van der Waals surface area contributed by atoms with Crippen molar-refractivity contribution in [1.82, 2.24) is 4.73 Å². The van der Waals surface area contributed by atoms with Crippen LogP contribution in [-0.4, -0.2) is 11.8 Å². The van der Waals surface area contributed by atoms with E-state index < -0.39 is 0 Å². The molecule has 1 aromatic carbocycles. The molecule has 0 spiro atoms. The van der Waals surface area contributed by atoms with E-state index >= 15 is 0 Å². The summed E-state index contributed by atoms with van der Waals surface area (Å²) in [5.74, 6) is 0. The van der Waals surface area contributed by atoms with Gasteiger partial charge in [-0.15, -0.1) is 4.73 Å². The minimum atomic E-state index is -0.0845. The Bertz CT molecular complexity index is 457. The second kappa shape index (κ2) is 2.64. The van der Waals surface area contributed by atoms with Crippen molar-refractivity contribution < 1.29 is 4.84 Å². The van der Waals surface area contributed by atoms with Crippen molar-refractivity contribution in [2.45, 2.75) is 0 Å². The minimum Gasteiger partial charge on any atom is -0.413 e. The fraction of sp³-hybridized carbons (Fsp3) is 0.125. The molecule has 12 heavy (non-hydrogen) atoms. The molecule has 0 radical (unpaired) electrons. The maximum atomic E-state index is 11.2. The summed E-state index contributed by atoms with van der Waals surface area (Å²) in [5, 5.41) is 0. The van der Waals surface area contributed by atoms with Crippen molar-refractivity contribution in [1.29, 1.82) is 0 Å². The second-order valence-corrected chi connectivity index (χ2v) is 3.31. The van der Waals surface area contributed by atoms with Crippen LogP contribution in [0.1, 0.15) is 0 Å². The molecule has 1 aromatic heterocycles. The third-order valence-electron chi connectivity index (χ3n) is 1.63. The van der Waals surface area contributed by atoms with Crippen LogP contribution in [0.5, 0.6) is 0 Å². The average molecular weight is 181 g/mol. The van der Waals surface area contributed by atoms with Gasteiger partial charge >= 0.3 is 4.87 Å². The molecule has 0 aliphatic carbocycles. The lowest BCUT2D eigenvalue weighted by molar-refractivity contribution is 0.173. The number of rotatable bonds is 1. The largest absolute Gasteiger partial charge is 0.413 e. The zero-order valence-corrected chi connectivity index (χ0v) is 7.30. The van der Waals surface area contributed by atoms with Crippen LogP contribution in [0.2, 0.25) is 0 Å². The molecule has 2 aromatic rings. The summed E-state index contributed by atoms with van der Waals surface area (Å²) < 4.78 is 2.24. The zero-order valence-electron chi connectivity index (χ0n) is 6.48. The molecular formula is C8H7NO2S. The number of aromatic nitrogens is 1. The number of nitrogens with zero attached hydrogens (tertiary/aromatic N) is 1. The van der Waals surface area contributed by atoms with Gasteiger partial charge in [0.05, 0.1) is 4.70 Å². The fourth-order valence-electron chi connectivity index (χ4n) is 1.12. The van der Waals surface area contributed by atoms with Gasteiger partial charge in [0.15, 0.2) is 0 Å². The van der Waals surface area contributed by atoms with Gasteiger partial charge in [0.2, 0.25) is 0 Å². The summed E-state index contributed by atoms with van der Waals surface area (Å²) in [7, 11) is 1.49. The van der Waals surface area contributed by atoms with Gasteiger partial charge in [-0.2, -0.15) is 0 Å². The van der Waals surface area contributed by atoms with Crippen LogP contribution in [0.4, 0.5) is 0 Å². The lowest BCUT2D eigenvalue weighted by atomic mass is 10.3. The van der Waals surface area contributed by atoms with E-state index in [1.165, 1.54) is 23.2 Å². The van der Waals surface area contributed by atoms with E-state index in [2.05, 4.69) is 0 Å². The van der Waals surface area contributed by atoms with E-state index in [1.54, 1.807) is 0 Å². The van der Waals surface area contributed by atoms with E-state index in [1.807, 2.05) is 24.3 Å². The first kappa shape index (κ1) is 7.36. The molecule has 4 heteroatoms. The lowest BCUT2D eigenvalue weighted by Gasteiger charge is -1.97. The highest BCUT2D eigenvalue weighted by molar-refractivity contribution is 7.16. The van der Waals surface area contributed by atoms with Crippen molar-refractivity contribution in [2.24, 2.45) is 0 Å². The predicted octanol–water partition coefficient (Wildman–Crippen LogP) is 1.12. The van der Waals surface area contributed by atoms with Gasteiger partial charge in [-0.3, -0.25) is 4.79 Å². The molecule has 62 valence electrons. The van der Waals surface area contributed by atoms with Gasteiger partial charge in [0.1, 0.15) is 12.6 Å². The Balaban J connectivity index is 2.91. The number of para-hydroxylation sites is 1. The van der Waals surface area contributed by atoms with Crippen LogP contribution in [-0.2, 0) is 0 Å². The van der Waals surface area contributed by atoms with Crippen LogP contribution < -0.4 is 9.71 Å². The van der Waals surface area contributed by atoms with Gasteiger partial charge in [-0.05, 0) is 12.1 Å². The van der Waals surface area contributed by atoms with E-state index in [9.17, 15) is 4.79 Å². The molecule has 0 unspecified atom stereocenters. The van der Waals surface area contributed by atoms with E-state index in [-0.39, 0.29) is 4.87 Å². The molecule has 1 heterocycles. The Kier molecular flexibility index (Phi) is 1.62. The Morgan fingerprint density at radius 3 is 2.92 bits per heavy atom. The minimum absolute atomic E-state index is 0.0845. The highest BCUT2D eigenvalue weighted by atomic mass is 32.1. The van der Waals surface area contributed by atoms with Gasteiger partial charge < -0.3 is 4.84 Å². The standard InChI is InChI=1S/C8H7NO2S/c1-11-9-6-4-2-3-5-7(6)12-8(9)10/h2-5H,1H3. The molecule has 2 rings (SSSR count). The average Bonchev–Trinajstić information content (AvgIpc) is 2.40. The number of hydrogen-bond acceptors (Lipinski definition) is 3. The summed E-state index contributed by atoms with van der Waals surface area (Å²) in [6.07, 6.45) is 0. The van der Waals surface area contributed by atoms with Gasteiger partial charge in [0, 0.05) is 0 Å². The van der Waals surface area contributed by atoms with Crippen molar-refractivity contribution in [2.75, 3.05) is 7.11 Å². The molecule has 0 aliphatic heterocycles. The molecule has 0 atom stereocenters. The first-order chi connectivity index (χ1) is 5.83. The highest BCUT2D eigenvalue weighted by Crippen LogP contribution is 2.14. The maximum absolute atomic E-state index is 11.2. The summed E-state index contributed by atoms with van der Waals surface area (Å²) >= 11 is 1.19. The molecule has 0 fully saturated rings. The third-order valence-corrected chi connectivity index (χ3v) is 2.54. The first-order valence-electron chi connectivity index (χ1n) is 3.48. The molecule has 0 N–H and O–H groups in total. The second-order valence-electron chi connectivity index (χ2n) is 2.31. The first-order valence-corrected chi connectivity index (χ1v) is 4.29. The molecule has 0 saturated heterocycles. The topological polar surface area (TPSA) is 31.2 Å². The Morgan fingerprint density at radius 1 is 1.42 bits per heavy atom. The zero-order chi connectivity index (χ0) is 8.55. The van der Waals surface area contributed by atoms with Crippen LogP contribution in [0.15, 0.2) is 29.1 Å². The molecule has 0 aliphatic rings. The van der Waals surface area contributed by atoms with Crippen molar-refractivity contribution in [3.63, 3.8) is 0 Å². The van der Waals surface area contributed by atoms with E-state index in [0.29, 0.717) is 0 Å².